The van der Waals surface area contributed by atoms with Crippen LogP contribution in [0.1, 0.15) is 18.9 Å². The second-order valence-electron chi connectivity index (χ2n) is 5.40. The number of rotatable bonds is 3. The van der Waals surface area contributed by atoms with Crippen molar-refractivity contribution in [3.63, 3.8) is 0 Å². The maximum atomic E-state index is 11.3. The van der Waals surface area contributed by atoms with E-state index >= 15 is 0 Å². The molecule has 1 N–H and O–H groups in total. The van der Waals surface area contributed by atoms with E-state index in [1.807, 2.05) is 0 Å². The van der Waals surface area contributed by atoms with Gasteiger partial charge in [-0.25, -0.2) is 0 Å². The van der Waals surface area contributed by atoms with E-state index in [1.165, 1.54) is 6.07 Å². The Bertz CT molecular complexity index is 493. The third-order valence-electron chi connectivity index (χ3n) is 3.78. The van der Waals surface area contributed by atoms with E-state index in [0.29, 0.717) is 11.3 Å². The van der Waals surface area contributed by atoms with Gasteiger partial charge in [-0.3, -0.25) is 10.1 Å². The van der Waals surface area contributed by atoms with Gasteiger partial charge in [-0.2, -0.15) is 0 Å². The van der Waals surface area contributed by atoms with Gasteiger partial charge >= 0.3 is 0 Å². The Morgan fingerprint density at radius 1 is 1.45 bits per heavy atom. The summed E-state index contributed by atoms with van der Waals surface area (Å²) in [4.78, 5) is 15.3. The van der Waals surface area contributed by atoms with Crippen molar-refractivity contribution in [1.82, 2.24) is 4.90 Å². The molecule has 1 aliphatic heterocycles. The average molecular weight is 279 g/mol. The summed E-state index contributed by atoms with van der Waals surface area (Å²) in [5.41, 5.74) is 1.29. The van der Waals surface area contributed by atoms with E-state index in [9.17, 15) is 10.1 Å². The molecule has 1 heterocycles. The van der Waals surface area contributed by atoms with Gasteiger partial charge in [-0.15, -0.1) is 0 Å². The Labute approximate surface area is 118 Å². The number of hydrogen-bond acceptors (Lipinski definition) is 5. The number of anilines is 1. The predicted octanol–water partition coefficient (Wildman–Crippen LogP) is 1.62. The van der Waals surface area contributed by atoms with E-state index in [2.05, 4.69) is 23.8 Å². The van der Waals surface area contributed by atoms with E-state index in [1.54, 1.807) is 12.1 Å². The van der Waals surface area contributed by atoms with Crippen molar-refractivity contribution in [2.75, 3.05) is 31.6 Å². The highest BCUT2D eigenvalue weighted by atomic mass is 16.6. The standard InChI is InChI=1S/C14H21N3O3/c1-11-9-15(2)6-3-7-16(11)13-5-4-12(10-18)8-14(13)17(19)20/h4-5,8,11,18H,3,6-7,9-10H2,1-2H3. The van der Waals surface area contributed by atoms with E-state index in [0.717, 1.165) is 26.1 Å². The van der Waals surface area contributed by atoms with Crippen LogP contribution in [0, 0.1) is 10.1 Å². The molecule has 1 saturated heterocycles. The average Bonchev–Trinajstić information content (AvgIpc) is 2.58. The number of aliphatic hydroxyl groups is 1. The molecule has 1 unspecified atom stereocenters. The SMILES string of the molecule is CC1CN(C)CCCN1c1ccc(CO)cc1[N+](=O)[O-]. The summed E-state index contributed by atoms with van der Waals surface area (Å²) in [5, 5.41) is 20.4. The third kappa shape index (κ3) is 3.08. The monoisotopic (exact) mass is 279 g/mol. The maximum absolute atomic E-state index is 11.3. The fraction of sp³-hybridized carbons (Fsp3) is 0.571. The lowest BCUT2D eigenvalue weighted by atomic mass is 10.1. The molecule has 0 saturated carbocycles. The molecule has 0 aromatic heterocycles. The summed E-state index contributed by atoms with van der Waals surface area (Å²) < 4.78 is 0. The van der Waals surface area contributed by atoms with Gasteiger partial charge in [0, 0.05) is 25.2 Å². The summed E-state index contributed by atoms with van der Waals surface area (Å²) in [7, 11) is 2.07. The van der Waals surface area contributed by atoms with Gasteiger partial charge in [0.25, 0.3) is 5.69 Å². The maximum Gasteiger partial charge on any atom is 0.292 e. The van der Waals surface area contributed by atoms with Crippen LogP contribution in [0.5, 0.6) is 0 Å². The molecule has 0 bridgehead atoms. The smallest absolute Gasteiger partial charge is 0.292 e. The molecule has 20 heavy (non-hydrogen) atoms. The van der Waals surface area contributed by atoms with Gasteiger partial charge in [0.05, 0.1) is 11.5 Å². The van der Waals surface area contributed by atoms with Crippen LogP contribution in [-0.2, 0) is 6.61 Å². The number of aliphatic hydroxyl groups excluding tert-OH is 1. The summed E-state index contributed by atoms with van der Waals surface area (Å²) in [6.45, 7) is 4.61. The Morgan fingerprint density at radius 3 is 2.85 bits per heavy atom. The minimum atomic E-state index is -0.365. The number of likely N-dealkylation sites (N-methyl/N-ethyl adjacent to an activating group) is 1. The van der Waals surface area contributed by atoms with Crippen LogP contribution in [0.4, 0.5) is 11.4 Å². The minimum absolute atomic E-state index is 0.0768. The quantitative estimate of drug-likeness (QED) is 0.672. The fourth-order valence-electron chi connectivity index (χ4n) is 2.79. The van der Waals surface area contributed by atoms with E-state index in [-0.39, 0.29) is 23.3 Å². The number of benzene rings is 1. The van der Waals surface area contributed by atoms with Gasteiger partial charge in [-0.1, -0.05) is 6.07 Å². The first-order valence-electron chi connectivity index (χ1n) is 6.86. The molecule has 1 atom stereocenters. The van der Waals surface area contributed by atoms with Gasteiger partial charge in [0.15, 0.2) is 0 Å². The van der Waals surface area contributed by atoms with Crippen molar-refractivity contribution in [2.24, 2.45) is 0 Å². The molecular weight excluding hydrogens is 258 g/mol. The first-order chi connectivity index (χ1) is 9.52. The van der Waals surface area contributed by atoms with Crippen LogP contribution in [0.25, 0.3) is 0 Å². The Balaban J connectivity index is 2.37. The second-order valence-corrected chi connectivity index (χ2v) is 5.40. The zero-order valence-electron chi connectivity index (χ0n) is 12.0. The van der Waals surface area contributed by atoms with Crippen LogP contribution in [-0.4, -0.2) is 47.7 Å². The Morgan fingerprint density at radius 2 is 2.20 bits per heavy atom. The first kappa shape index (κ1) is 14.7. The lowest BCUT2D eigenvalue weighted by Crippen LogP contribution is -2.38. The summed E-state index contributed by atoms with van der Waals surface area (Å²) >= 11 is 0. The van der Waals surface area contributed by atoms with Crippen molar-refractivity contribution < 1.29 is 10.0 Å². The summed E-state index contributed by atoms with van der Waals surface area (Å²) in [6.07, 6.45) is 0.986. The minimum Gasteiger partial charge on any atom is -0.392 e. The number of nitro groups is 1. The fourth-order valence-corrected chi connectivity index (χ4v) is 2.79. The molecule has 6 nitrogen and oxygen atoms in total. The zero-order chi connectivity index (χ0) is 14.7. The van der Waals surface area contributed by atoms with Crippen molar-refractivity contribution >= 4 is 11.4 Å². The number of nitro benzene ring substituents is 1. The molecule has 1 fully saturated rings. The highest BCUT2D eigenvalue weighted by Gasteiger charge is 2.26. The van der Waals surface area contributed by atoms with Crippen LogP contribution in [0.15, 0.2) is 18.2 Å². The molecule has 1 aliphatic rings. The lowest BCUT2D eigenvalue weighted by molar-refractivity contribution is -0.384. The molecule has 1 aromatic carbocycles. The van der Waals surface area contributed by atoms with Gasteiger partial charge in [-0.05, 0) is 38.6 Å². The largest absolute Gasteiger partial charge is 0.392 e. The van der Waals surface area contributed by atoms with Gasteiger partial charge in [0.1, 0.15) is 5.69 Å². The zero-order valence-corrected chi connectivity index (χ0v) is 12.0. The molecular formula is C14H21N3O3. The van der Waals surface area contributed by atoms with Crippen LogP contribution in [0.3, 0.4) is 0 Å². The van der Waals surface area contributed by atoms with Gasteiger partial charge in [0.2, 0.25) is 0 Å². The first-order valence-corrected chi connectivity index (χ1v) is 6.86. The van der Waals surface area contributed by atoms with E-state index in [4.69, 9.17) is 5.11 Å². The number of hydrogen-bond donors (Lipinski definition) is 1. The van der Waals surface area contributed by atoms with Crippen molar-refractivity contribution in [2.45, 2.75) is 26.0 Å². The molecule has 0 aliphatic carbocycles. The molecule has 0 amide bonds. The molecule has 0 radical (unpaired) electrons. The van der Waals surface area contributed by atoms with Gasteiger partial charge < -0.3 is 14.9 Å². The number of nitrogens with zero attached hydrogens (tertiary/aromatic N) is 3. The van der Waals surface area contributed by atoms with Crippen LogP contribution < -0.4 is 4.90 Å². The highest BCUT2D eigenvalue weighted by Crippen LogP contribution is 2.31. The van der Waals surface area contributed by atoms with Crippen molar-refractivity contribution in [1.29, 1.82) is 0 Å². The van der Waals surface area contributed by atoms with Crippen LogP contribution >= 0.6 is 0 Å². The Hall–Kier alpha value is -1.66. The second kappa shape index (κ2) is 6.19. The predicted molar refractivity (Wildman–Crippen MR) is 77.9 cm³/mol. The van der Waals surface area contributed by atoms with Crippen LogP contribution in [0.2, 0.25) is 0 Å². The highest BCUT2D eigenvalue weighted by molar-refractivity contribution is 5.65. The third-order valence-corrected chi connectivity index (χ3v) is 3.78. The lowest BCUT2D eigenvalue weighted by Gasteiger charge is -2.29. The molecule has 110 valence electrons. The molecule has 2 rings (SSSR count). The molecule has 1 aromatic rings. The topological polar surface area (TPSA) is 69.8 Å². The normalized spacial score (nSPS) is 20.8. The summed E-state index contributed by atoms with van der Waals surface area (Å²) in [5.74, 6) is 0. The molecule has 0 spiro atoms. The Kier molecular flexibility index (Phi) is 4.57. The van der Waals surface area contributed by atoms with E-state index < -0.39 is 0 Å². The molecule has 6 heteroatoms. The summed E-state index contributed by atoms with van der Waals surface area (Å²) in [6, 6.07) is 5.20. The van der Waals surface area contributed by atoms with Crippen molar-refractivity contribution in [3.05, 3.63) is 33.9 Å². The van der Waals surface area contributed by atoms with Crippen molar-refractivity contribution in [3.8, 4) is 0 Å².